The van der Waals surface area contributed by atoms with Crippen LogP contribution in [0.15, 0.2) is 60.7 Å². The first-order valence-corrected chi connectivity index (χ1v) is 12.7. The Labute approximate surface area is 200 Å². The van der Waals surface area contributed by atoms with E-state index >= 15 is 0 Å². The molecule has 0 saturated heterocycles. The number of hydrogen-bond acceptors (Lipinski definition) is 2. The van der Waals surface area contributed by atoms with E-state index in [-0.39, 0.29) is 0 Å². The predicted molar refractivity (Wildman–Crippen MR) is 140 cm³/mol. The monoisotopic (exact) mass is 442 g/mol. The van der Waals surface area contributed by atoms with Crippen LogP contribution in [0, 0.1) is 11.8 Å². The predicted octanol–water partition coefficient (Wildman–Crippen LogP) is 8.55. The van der Waals surface area contributed by atoms with Crippen LogP contribution in [0.5, 0.6) is 11.5 Å². The Morgan fingerprint density at radius 3 is 1.76 bits per heavy atom. The van der Waals surface area contributed by atoms with Gasteiger partial charge in [0, 0.05) is 11.1 Å². The van der Waals surface area contributed by atoms with Gasteiger partial charge < -0.3 is 9.47 Å². The second-order valence-corrected chi connectivity index (χ2v) is 8.67. The molecule has 0 aliphatic rings. The van der Waals surface area contributed by atoms with E-state index in [9.17, 15) is 0 Å². The van der Waals surface area contributed by atoms with Crippen molar-refractivity contribution in [2.75, 3.05) is 13.2 Å². The Hall–Kier alpha value is -2.92. The number of hydrogen-bond donors (Lipinski definition) is 0. The topological polar surface area (TPSA) is 18.5 Å². The minimum atomic E-state index is 0.789. The maximum absolute atomic E-state index is 5.91. The zero-order chi connectivity index (χ0) is 23.1. The van der Waals surface area contributed by atoms with Crippen LogP contribution >= 0.6 is 0 Å². The van der Waals surface area contributed by atoms with E-state index in [0.29, 0.717) is 0 Å². The Balaban J connectivity index is 1.51. The zero-order valence-electron chi connectivity index (χ0n) is 20.4. The highest BCUT2D eigenvalue weighted by molar-refractivity contribution is 5.85. The van der Waals surface area contributed by atoms with Crippen LogP contribution in [0.3, 0.4) is 0 Å². The number of unbranched alkanes of at least 4 members (excludes halogenated alkanes) is 7. The minimum Gasteiger partial charge on any atom is -0.494 e. The first-order valence-electron chi connectivity index (χ1n) is 12.7. The zero-order valence-corrected chi connectivity index (χ0v) is 20.4. The van der Waals surface area contributed by atoms with Crippen LogP contribution in [0.2, 0.25) is 0 Å². The van der Waals surface area contributed by atoms with Gasteiger partial charge in [-0.2, -0.15) is 0 Å². The smallest absolute Gasteiger partial charge is 0.119 e. The summed E-state index contributed by atoms with van der Waals surface area (Å²) in [5, 5.41) is 2.37. The molecule has 0 amide bonds. The SMILES string of the molecule is CCCCCCCOc1ccc(C#Cc2ccc3cc(OCCCCCC)ccc3c2)cc1. The highest BCUT2D eigenvalue weighted by atomic mass is 16.5. The molecule has 3 aromatic carbocycles. The van der Waals surface area contributed by atoms with Gasteiger partial charge in [0.15, 0.2) is 0 Å². The number of benzene rings is 3. The standard InChI is InChI=1S/C31H38O2/c1-3-5-7-9-11-22-32-30-19-15-26(16-20-30)12-13-27-14-17-29-25-31(21-18-28(29)24-27)33-23-10-8-6-4-2/h14-21,24-25H,3-11,22-23H2,1-2H3. The van der Waals surface area contributed by atoms with Crippen LogP contribution < -0.4 is 9.47 Å². The van der Waals surface area contributed by atoms with Crippen LogP contribution in [0.25, 0.3) is 10.8 Å². The summed E-state index contributed by atoms with van der Waals surface area (Å²) in [4.78, 5) is 0. The number of fused-ring (bicyclic) bond motifs is 1. The van der Waals surface area contributed by atoms with E-state index < -0.39 is 0 Å². The fourth-order valence-corrected chi connectivity index (χ4v) is 3.78. The molecule has 0 aromatic heterocycles. The van der Waals surface area contributed by atoms with E-state index in [2.05, 4.69) is 62.1 Å². The molecule has 174 valence electrons. The fourth-order valence-electron chi connectivity index (χ4n) is 3.78. The maximum Gasteiger partial charge on any atom is 0.119 e. The third-order valence-electron chi connectivity index (χ3n) is 5.80. The van der Waals surface area contributed by atoms with Crippen LogP contribution in [-0.4, -0.2) is 13.2 Å². The van der Waals surface area contributed by atoms with Gasteiger partial charge in [-0.05, 0) is 72.1 Å². The van der Waals surface area contributed by atoms with Gasteiger partial charge in [-0.1, -0.05) is 82.8 Å². The molecule has 0 spiro atoms. The maximum atomic E-state index is 5.91. The van der Waals surface area contributed by atoms with Crippen molar-refractivity contribution in [3.05, 3.63) is 71.8 Å². The molecule has 0 unspecified atom stereocenters. The van der Waals surface area contributed by atoms with Gasteiger partial charge in [-0.25, -0.2) is 0 Å². The molecule has 0 aliphatic heterocycles. The highest BCUT2D eigenvalue weighted by Crippen LogP contribution is 2.22. The quantitative estimate of drug-likeness (QED) is 0.195. The molecular weight excluding hydrogens is 404 g/mol. The molecular formula is C31H38O2. The van der Waals surface area contributed by atoms with Crippen molar-refractivity contribution in [2.45, 2.75) is 71.6 Å². The van der Waals surface area contributed by atoms with Gasteiger partial charge in [0.25, 0.3) is 0 Å². The van der Waals surface area contributed by atoms with E-state index in [4.69, 9.17) is 9.47 Å². The lowest BCUT2D eigenvalue weighted by molar-refractivity contribution is 0.304. The van der Waals surface area contributed by atoms with Crippen molar-refractivity contribution >= 4 is 10.8 Å². The van der Waals surface area contributed by atoms with Gasteiger partial charge in [0.05, 0.1) is 13.2 Å². The third-order valence-corrected chi connectivity index (χ3v) is 5.80. The molecule has 0 atom stereocenters. The van der Waals surface area contributed by atoms with E-state index in [1.165, 1.54) is 55.7 Å². The molecule has 2 heteroatoms. The second kappa shape index (κ2) is 14.3. The molecule has 0 heterocycles. The highest BCUT2D eigenvalue weighted by Gasteiger charge is 2.00. The summed E-state index contributed by atoms with van der Waals surface area (Å²) in [6.07, 6.45) is 11.1. The van der Waals surface area contributed by atoms with Crippen molar-refractivity contribution in [1.82, 2.24) is 0 Å². The largest absolute Gasteiger partial charge is 0.494 e. The van der Waals surface area contributed by atoms with Gasteiger partial charge in [-0.3, -0.25) is 0 Å². The molecule has 0 bridgehead atoms. The molecule has 0 radical (unpaired) electrons. The van der Waals surface area contributed by atoms with Gasteiger partial charge >= 0.3 is 0 Å². The summed E-state index contributed by atoms with van der Waals surface area (Å²) in [5.41, 5.74) is 2.01. The summed E-state index contributed by atoms with van der Waals surface area (Å²) in [6, 6.07) is 20.7. The number of ether oxygens (including phenoxy) is 2. The van der Waals surface area contributed by atoms with Crippen molar-refractivity contribution in [2.24, 2.45) is 0 Å². The average molecular weight is 443 g/mol. The molecule has 0 N–H and O–H groups in total. The third kappa shape index (κ3) is 8.85. The van der Waals surface area contributed by atoms with Crippen molar-refractivity contribution in [3.63, 3.8) is 0 Å². The summed E-state index contributed by atoms with van der Waals surface area (Å²) in [5.74, 6) is 8.43. The van der Waals surface area contributed by atoms with Gasteiger partial charge in [0.1, 0.15) is 11.5 Å². The van der Waals surface area contributed by atoms with Crippen molar-refractivity contribution in [1.29, 1.82) is 0 Å². The molecule has 2 nitrogen and oxygen atoms in total. The first kappa shape index (κ1) is 24.7. The van der Waals surface area contributed by atoms with Crippen LogP contribution in [0.4, 0.5) is 0 Å². The second-order valence-electron chi connectivity index (χ2n) is 8.67. The summed E-state index contributed by atoms with van der Waals surface area (Å²) in [6.45, 7) is 6.05. The molecule has 0 saturated carbocycles. The minimum absolute atomic E-state index is 0.789. The lowest BCUT2D eigenvalue weighted by atomic mass is 10.1. The Bertz CT molecular complexity index is 1020. The normalized spacial score (nSPS) is 10.6. The molecule has 0 fully saturated rings. The summed E-state index contributed by atoms with van der Waals surface area (Å²) in [7, 11) is 0. The van der Waals surface area contributed by atoms with E-state index in [1.54, 1.807) is 0 Å². The molecule has 33 heavy (non-hydrogen) atoms. The number of rotatable bonds is 13. The molecule has 3 aromatic rings. The fraction of sp³-hybridized carbons (Fsp3) is 0.419. The van der Waals surface area contributed by atoms with Gasteiger partial charge in [0.2, 0.25) is 0 Å². The molecule has 0 aliphatic carbocycles. The molecule has 3 rings (SSSR count). The van der Waals surface area contributed by atoms with Crippen molar-refractivity contribution in [3.8, 4) is 23.3 Å². The average Bonchev–Trinajstić information content (AvgIpc) is 2.85. The Morgan fingerprint density at radius 2 is 1.03 bits per heavy atom. The summed E-state index contributed by atoms with van der Waals surface area (Å²) < 4.78 is 11.8. The summed E-state index contributed by atoms with van der Waals surface area (Å²) >= 11 is 0. The van der Waals surface area contributed by atoms with Crippen molar-refractivity contribution < 1.29 is 9.47 Å². The lowest BCUT2D eigenvalue weighted by Crippen LogP contribution is -1.97. The van der Waals surface area contributed by atoms with Crippen LogP contribution in [-0.2, 0) is 0 Å². The Kier molecular flexibility index (Phi) is 10.7. The van der Waals surface area contributed by atoms with Gasteiger partial charge in [-0.15, -0.1) is 0 Å². The first-order chi connectivity index (χ1) is 16.3. The Morgan fingerprint density at radius 1 is 0.515 bits per heavy atom. The lowest BCUT2D eigenvalue weighted by Gasteiger charge is -2.07. The van der Waals surface area contributed by atoms with Crippen LogP contribution in [0.1, 0.15) is 82.8 Å². The van der Waals surface area contributed by atoms with E-state index in [1.807, 2.05) is 24.3 Å². The van der Waals surface area contributed by atoms with E-state index in [0.717, 1.165) is 48.7 Å².